The molecular formula is C14H27BO2. The topological polar surface area (TPSA) is 18.5 Å². The van der Waals surface area contributed by atoms with E-state index in [1.165, 1.54) is 32.1 Å². The Morgan fingerprint density at radius 1 is 0.882 bits per heavy atom. The van der Waals surface area contributed by atoms with E-state index in [2.05, 4.69) is 34.6 Å². The van der Waals surface area contributed by atoms with Crippen LogP contribution in [0.4, 0.5) is 0 Å². The number of hydrogen-bond acceptors (Lipinski definition) is 2. The Kier molecular flexibility index (Phi) is 3.62. The van der Waals surface area contributed by atoms with Gasteiger partial charge in [-0.1, -0.05) is 39.0 Å². The SMILES string of the molecule is CC1CCCC(B2OC(C)(C)C(C)(C)O2)CC1. The van der Waals surface area contributed by atoms with Crippen molar-refractivity contribution < 1.29 is 9.31 Å². The van der Waals surface area contributed by atoms with E-state index in [9.17, 15) is 0 Å². The van der Waals surface area contributed by atoms with Crippen LogP contribution >= 0.6 is 0 Å². The lowest BCUT2D eigenvalue weighted by Gasteiger charge is -2.32. The van der Waals surface area contributed by atoms with Crippen LogP contribution in [-0.2, 0) is 9.31 Å². The summed E-state index contributed by atoms with van der Waals surface area (Å²) in [6.07, 6.45) is 6.56. The Labute approximate surface area is 107 Å². The van der Waals surface area contributed by atoms with Crippen LogP contribution in [0.15, 0.2) is 0 Å². The van der Waals surface area contributed by atoms with E-state index < -0.39 is 0 Å². The minimum absolute atomic E-state index is 0.0188. The van der Waals surface area contributed by atoms with Crippen molar-refractivity contribution in [3.63, 3.8) is 0 Å². The van der Waals surface area contributed by atoms with Crippen molar-refractivity contribution in [2.24, 2.45) is 5.92 Å². The summed E-state index contributed by atoms with van der Waals surface area (Å²) in [7, 11) is 0.0188. The Morgan fingerprint density at radius 2 is 1.47 bits per heavy atom. The van der Waals surface area contributed by atoms with E-state index in [0.29, 0.717) is 5.82 Å². The van der Waals surface area contributed by atoms with Crippen LogP contribution in [0.5, 0.6) is 0 Å². The fraction of sp³-hybridized carbons (Fsp3) is 1.00. The molecule has 0 aromatic rings. The standard InChI is InChI=1S/C14H27BO2/c1-11-7-6-8-12(10-9-11)15-16-13(2,3)14(4,5)17-15/h11-12H,6-10H2,1-5H3. The summed E-state index contributed by atoms with van der Waals surface area (Å²) >= 11 is 0. The van der Waals surface area contributed by atoms with Crippen LogP contribution in [0.25, 0.3) is 0 Å². The van der Waals surface area contributed by atoms with Crippen molar-refractivity contribution in [2.75, 3.05) is 0 Å². The van der Waals surface area contributed by atoms with Crippen LogP contribution in [0.2, 0.25) is 5.82 Å². The maximum absolute atomic E-state index is 6.17. The average molecular weight is 238 g/mol. The Bertz CT molecular complexity index is 259. The summed E-state index contributed by atoms with van der Waals surface area (Å²) in [6, 6.07) is 0. The lowest BCUT2D eigenvalue weighted by molar-refractivity contribution is 0.00578. The second-order valence-corrected chi connectivity index (χ2v) is 7.00. The first-order valence-electron chi connectivity index (χ1n) is 7.17. The first kappa shape index (κ1) is 13.4. The summed E-state index contributed by atoms with van der Waals surface area (Å²) in [5, 5.41) is 0. The molecule has 2 fully saturated rings. The van der Waals surface area contributed by atoms with Crippen LogP contribution in [0, 0.1) is 5.92 Å². The molecule has 0 N–H and O–H groups in total. The molecule has 2 nitrogen and oxygen atoms in total. The highest BCUT2D eigenvalue weighted by atomic mass is 16.7. The highest BCUT2D eigenvalue weighted by Gasteiger charge is 2.53. The minimum atomic E-state index is -0.171. The van der Waals surface area contributed by atoms with Gasteiger partial charge in [0.2, 0.25) is 0 Å². The first-order valence-corrected chi connectivity index (χ1v) is 7.17. The zero-order valence-electron chi connectivity index (χ0n) is 12.1. The molecule has 0 spiro atoms. The van der Waals surface area contributed by atoms with Gasteiger partial charge in [-0.2, -0.15) is 0 Å². The van der Waals surface area contributed by atoms with Gasteiger partial charge >= 0.3 is 7.12 Å². The van der Waals surface area contributed by atoms with Crippen LogP contribution in [-0.4, -0.2) is 18.3 Å². The van der Waals surface area contributed by atoms with Gasteiger partial charge in [0.05, 0.1) is 11.2 Å². The van der Waals surface area contributed by atoms with E-state index in [4.69, 9.17) is 9.31 Å². The average Bonchev–Trinajstić information content (AvgIpc) is 2.39. The van der Waals surface area contributed by atoms with Gasteiger partial charge in [0.1, 0.15) is 0 Å². The van der Waals surface area contributed by atoms with Gasteiger partial charge in [0.15, 0.2) is 0 Å². The fourth-order valence-electron chi connectivity index (χ4n) is 2.87. The molecule has 2 atom stereocenters. The Balaban J connectivity index is 2.00. The predicted octanol–water partition coefficient (Wildman–Crippen LogP) is 4.05. The third kappa shape index (κ3) is 2.71. The molecule has 1 saturated carbocycles. The molecule has 17 heavy (non-hydrogen) atoms. The maximum atomic E-state index is 6.17. The molecule has 2 unspecified atom stereocenters. The zero-order valence-corrected chi connectivity index (χ0v) is 12.1. The molecule has 3 heteroatoms. The lowest BCUT2D eigenvalue weighted by Crippen LogP contribution is -2.41. The Morgan fingerprint density at radius 3 is 2.06 bits per heavy atom. The molecule has 1 aliphatic carbocycles. The summed E-state index contributed by atoms with van der Waals surface area (Å²) in [6.45, 7) is 10.9. The Hall–Kier alpha value is -0.0151. The van der Waals surface area contributed by atoms with Crippen molar-refractivity contribution in [3.05, 3.63) is 0 Å². The highest BCUT2D eigenvalue weighted by molar-refractivity contribution is 6.47. The largest absolute Gasteiger partial charge is 0.461 e. The van der Waals surface area contributed by atoms with Gasteiger partial charge in [0.25, 0.3) is 0 Å². The van der Waals surface area contributed by atoms with Gasteiger partial charge in [-0.25, -0.2) is 0 Å². The molecule has 98 valence electrons. The molecular weight excluding hydrogens is 211 g/mol. The molecule has 1 aliphatic heterocycles. The summed E-state index contributed by atoms with van der Waals surface area (Å²) in [5.74, 6) is 1.48. The summed E-state index contributed by atoms with van der Waals surface area (Å²) in [5.41, 5.74) is -0.342. The van der Waals surface area contributed by atoms with Gasteiger partial charge in [-0.3, -0.25) is 0 Å². The van der Waals surface area contributed by atoms with Crippen LogP contribution < -0.4 is 0 Å². The monoisotopic (exact) mass is 238 g/mol. The molecule has 0 radical (unpaired) electrons. The molecule has 2 aliphatic rings. The predicted molar refractivity (Wildman–Crippen MR) is 72.1 cm³/mol. The molecule has 0 aromatic heterocycles. The summed E-state index contributed by atoms with van der Waals surface area (Å²) in [4.78, 5) is 0. The summed E-state index contributed by atoms with van der Waals surface area (Å²) < 4.78 is 12.3. The molecule has 0 bridgehead atoms. The van der Waals surface area contributed by atoms with Crippen LogP contribution in [0.1, 0.15) is 66.7 Å². The van der Waals surface area contributed by atoms with Crippen molar-refractivity contribution >= 4 is 7.12 Å². The smallest absolute Gasteiger partial charge is 0.403 e. The van der Waals surface area contributed by atoms with Gasteiger partial charge in [0, 0.05) is 0 Å². The lowest BCUT2D eigenvalue weighted by atomic mass is 9.67. The molecule has 0 amide bonds. The van der Waals surface area contributed by atoms with Crippen molar-refractivity contribution in [2.45, 2.75) is 83.7 Å². The molecule has 2 rings (SSSR count). The van der Waals surface area contributed by atoms with E-state index in [-0.39, 0.29) is 18.3 Å². The van der Waals surface area contributed by atoms with Crippen LogP contribution in [0.3, 0.4) is 0 Å². The van der Waals surface area contributed by atoms with Crippen molar-refractivity contribution in [1.29, 1.82) is 0 Å². The third-order valence-corrected chi connectivity index (χ3v) is 4.96. The molecule has 1 heterocycles. The number of hydrogen-bond donors (Lipinski definition) is 0. The highest BCUT2D eigenvalue weighted by Crippen LogP contribution is 2.43. The second kappa shape index (κ2) is 4.58. The third-order valence-electron chi connectivity index (χ3n) is 4.96. The fourth-order valence-corrected chi connectivity index (χ4v) is 2.87. The second-order valence-electron chi connectivity index (χ2n) is 7.00. The quantitative estimate of drug-likeness (QED) is 0.506. The molecule has 1 saturated heterocycles. The minimum Gasteiger partial charge on any atom is -0.403 e. The maximum Gasteiger partial charge on any atom is 0.461 e. The van der Waals surface area contributed by atoms with Gasteiger partial charge in [-0.15, -0.1) is 0 Å². The van der Waals surface area contributed by atoms with E-state index in [1.807, 2.05) is 0 Å². The van der Waals surface area contributed by atoms with Gasteiger partial charge < -0.3 is 9.31 Å². The first-order chi connectivity index (χ1) is 7.82. The molecule has 0 aromatic carbocycles. The van der Waals surface area contributed by atoms with E-state index in [1.54, 1.807) is 0 Å². The normalized spacial score (nSPS) is 36.9. The number of rotatable bonds is 1. The van der Waals surface area contributed by atoms with Crippen molar-refractivity contribution in [3.8, 4) is 0 Å². The van der Waals surface area contributed by atoms with E-state index in [0.717, 1.165) is 5.92 Å². The van der Waals surface area contributed by atoms with Gasteiger partial charge in [-0.05, 0) is 39.4 Å². The van der Waals surface area contributed by atoms with E-state index >= 15 is 0 Å². The zero-order chi connectivity index (χ0) is 12.7. The van der Waals surface area contributed by atoms with Crippen molar-refractivity contribution in [1.82, 2.24) is 0 Å².